The maximum absolute atomic E-state index is 12.2. The molecule has 3 aromatic rings. The third kappa shape index (κ3) is 4.02. The summed E-state index contributed by atoms with van der Waals surface area (Å²) in [6, 6.07) is 14.5. The van der Waals surface area contributed by atoms with Crippen molar-refractivity contribution in [2.24, 2.45) is 0 Å². The van der Waals surface area contributed by atoms with Crippen molar-refractivity contribution in [3.8, 4) is 0 Å². The van der Waals surface area contributed by atoms with Crippen LogP contribution in [0, 0.1) is 10.1 Å². The molecule has 1 aromatic heterocycles. The summed E-state index contributed by atoms with van der Waals surface area (Å²) in [4.78, 5) is 22.3. The third-order valence-corrected chi connectivity index (χ3v) is 3.88. The molecule has 0 aliphatic heterocycles. The fourth-order valence-electron chi connectivity index (χ4n) is 2.24. The summed E-state index contributed by atoms with van der Waals surface area (Å²) in [6.45, 7) is 0.479. The van der Waals surface area contributed by atoms with Crippen LogP contribution < -0.4 is 5.32 Å². The monoisotopic (exact) mass is 356 g/mol. The number of nitro groups is 1. The van der Waals surface area contributed by atoms with Crippen LogP contribution in [0.3, 0.4) is 0 Å². The molecule has 0 aliphatic rings. The van der Waals surface area contributed by atoms with E-state index < -0.39 is 10.8 Å². The molecule has 126 valence electrons. The van der Waals surface area contributed by atoms with Gasteiger partial charge in [-0.3, -0.25) is 19.6 Å². The van der Waals surface area contributed by atoms with Crippen LogP contribution in [0.5, 0.6) is 0 Å². The molecule has 0 fully saturated rings. The van der Waals surface area contributed by atoms with Gasteiger partial charge in [-0.2, -0.15) is 5.10 Å². The molecule has 2 aromatic carbocycles. The molecule has 7 nitrogen and oxygen atoms in total. The van der Waals surface area contributed by atoms with Crippen molar-refractivity contribution in [1.82, 2.24) is 9.78 Å². The maximum Gasteiger partial charge on any atom is 0.269 e. The van der Waals surface area contributed by atoms with Crippen molar-refractivity contribution in [2.75, 3.05) is 5.32 Å². The van der Waals surface area contributed by atoms with Crippen LogP contribution >= 0.6 is 11.6 Å². The Morgan fingerprint density at radius 3 is 2.56 bits per heavy atom. The van der Waals surface area contributed by atoms with Crippen molar-refractivity contribution in [2.45, 2.75) is 6.54 Å². The van der Waals surface area contributed by atoms with Crippen LogP contribution in [0.15, 0.2) is 60.8 Å². The number of aromatic nitrogens is 2. The Kier molecular flexibility index (Phi) is 4.76. The average Bonchev–Trinajstić information content (AvgIpc) is 3.04. The molecule has 1 heterocycles. The highest BCUT2D eigenvalue weighted by Crippen LogP contribution is 2.17. The van der Waals surface area contributed by atoms with E-state index in [1.807, 2.05) is 18.2 Å². The van der Waals surface area contributed by atoms with Crippen LogP contribution in [0.4, 0.5) is 11.5 Å². The average molecular weight is 357 g/mol. The van der Waals surface area contributed by atoms with E-state index in [4.69, 9.17) is 11.6 Å². The quantitative estimate of drug-likeness (QED) is 0.557. The van der Waals surface area contributed by atoms with Crippen molar-refractivity contribution in [3.05, 3.63) is 87.1 Å². The van der Waals surface area contributed by atoms with E-state index in [9.17, 15) is 14.9 Å². The topological polar surface area (TPSA) is 90.1 Å². The van der Waals surface area contributed by atoms with E-state index in [0.29, 0.717) is 22.9 Å². The first kappa shape index (κ1) is 16.7. The largest absolute Gasteiger partial charge is 0.305 e. The van der Waals surface area contributed by atoms with Crippen LogP contribution in [-0.4, -0.2) is 20.6 Å². The number of nitro benzene ring substituents is 1. The molecule has 0 bridgehead atoms. The Bertz CT molecular complexity index is 922. The lowest BCUT2D eigenvalue weighted by Crippen LogP contribution is -2.13. The van der Waals surface area contributed by atoms with Gasteiger partial charge in [0.2, 0.25) is 0 Å². The summed E-state index contributed by atoms with van der Waals surface area (Å²) in [5.41, 5.74) is 1.16. The molecule has 25 heavy (non-hydrogen) atoms. The summed E-state index contributed by atoms with van der Waals surface area (Å²) in [7, 11) is 0. The van der Waals surface area contributed by atoms with E-state index in [2.05, 4.69) is 10.4 Å². The summed E-state index contributed by atoms with van der Waals surface area (Å²) in [5, 5.41) is 18.2. The maximum atomic E-state index is 12.2. The first-order valence-corrected chi connectivity index (χ1v) is 7.73. The Hall–Kier alpha value is -3.19. The van der Waals surface area contributed by atoms with Gasteiger partial charge in [-0.25, -0.2) is 0 Å². The first-order valence-electron chi connectivity index (χ1n) is 7.35. The number of carbonyl (C=O) groups is 1. The number of halogens is 1. The normalized spacial score (nSPS) is 10.4. The number of rotatable bonds is 5. The molecule has 0 unspecified atom stereocenters. The molecule has 1 amide bonds. The Morgan fingerprint density at radius 2 is 1.88 bits per heavy atom. The molecule has 0 aliphatic carbocycles. The number of carbonyl (C=O) groups excluding carboxylic acids is 1. The molecule has 0 spiro atoms. The number of anilines is 1. The van der Waals surface area contributed by atoms with Gasteiger partial charge in [0.05, 0.1) is 11.5 Å². The van der Waals surface area contributed by atoms with Crippen LogP contribution in [0.25, 0.3) is 0 Å². The second-order valence-corrected chi connectivity index (χ2v) is 5.66. The van der Waals surface area contributed by atoms with E-state index in [1.165, 1.54) is 24.3 Å². The number of non-ortho nitro benzene ring substituents is 1. The van der Waals surface area contributed by atoms with Crippen LogP contribution in [0.2, 0.25) is 5.02 Å². The van der Waals surface area contributed by atoms with Crippen molar-refractivity contribution < 1.29 is 9.72 Å². The van der Waals surface area contributed by atoms with E-state index in [-0.39, 0.29) is 5.69 Å². The number of nitrogens with one attached hydrogen (secondary N) is 1. The van der Waals surface area contributed by atoms with Gasteiger partial charge in [0, 0.05) is 35.0 Å². The number of hydrogen-bond acceptors (Lipinski definition) is 4. The van der Waals surface area contributed by atoms with Crippen LogP contribution in [-0.2, 0) is 6.54 Å². The zero-order chi connectivity index (χ0) is 17.8. The molecular weight excluding hydrogens is 344 g/mol. The fraction of sp³-hybridized carbons (Fsp3) is 0.0588. The summed E-state index contributed by atoms with van der Waals surface area (Å²) in [6.07, 6.45) is 1.73. The lowest BCUT2D eigenvalue weighted by Gasteiger charge is -2.04. The minimum Gasteiger partial charge on any atom is -0.305 e. The summed E-state index contributed by atoms with van der Waals surface area (Å²) < 4.78 is 1.66. The van der Waals surface area contributed by atoms with Gasteiger partial charge in [-0.15, -0.1) is 0 Å². The van der Waals surface area contributed by atoms with E-state index >= 15 is 0 Å². The van der Waals surface area contributed by atoms with Gasteiger partial charge in [0.25, 0.3) is 11.6 Å². The van der Waals surface area contributed by atoms with Crippen LogP contribution in [0.1, 0.15) is 15.9 Å². The smallest absolute Gasteiger partial charge is 0.269 e. The van der Waals surface area contributed by atoms with Gasteiger partial charge < -0.3 is 5.32 Å². The first-order chi connectivity index (χ1) is 12.0. The zero-order valence-corrected chi connectivity index (χ0v) is 13.7. The Labute approximate surface area is 148 Å². The number of benzene rings is 2. The van der Waals surface area contributed by atoms with Gasteiger partial charge >= 0.3 is 0 Å². The standard InChI is InChI=1S/C17H13ClN4O3/c18-15-4-2-1-3-13(15)11-21-10-9-16(20-21)19-17(23)12-5-7-14(8-6-12)22(24)25/h1-10H,11H2,(H,19,20,23). The zero-order valence-electron chi connectivity index (χ0n) is 12.9. The number of hydrogen-bond donors (Lipinski definition) is 1. The molecule has 0 saturated carbocycles. The minimum atomic E-state index is -0.516. The molecular formula is C17H13ClN4O3. The highest BCUT2D eigenvalue weighted by molar-refractivity contribution is 6.31. The van der Waals surface area contributed by atoms with Gasteiger partial charge in [0.1, 0.15) is 0 Å². The fourth-order valence-corrected chi connectivity index (χ4v) is 2.44. The van der Waals surface area contributed by atoms with Crippen molar-refractivity contribution >= 4 is 29.0 Å². The lowest BCUT2D eigenvalue weighted by molar-refractivity contribution is -0.384. The predicted molar refractivity (Wildman–Crippen MR) is 93.8 cm³/mol. The Morgan fingerprint density at radius 1 is 1.16 bits per heavy atom. The number of amides is 1. The summed E-state index contributed by atoms with van der Waals surface area (Å²) in [5.74, 6) is -0.00621. The van der Waals surface area contributed by atoms with Crippen molar-refractivity contribution in [1.29, 1.82) is 0 Å². The molecule has 0 radical (unpaired) electrons. The highest BCUT2D eigenvalue weighted by atomic mass is 35.5. The van der Waals surface area contributed by atoms with Crippen molar-refractivity contribution in [3.63, 3.8) is 0 Å². The minimum absolute atomic E-state index is 0.0689. The Balaban J connectivity index is 1.67. The van der Waals surface area contributed by atoms with E-state index in [1.54, 1.807) is 23.0 Å². The molecule has 0 saturated heterocycles. The second kappa shape index (κ2) is 7.14. The predicted octanol–water partition coefficient (Wildman–Crippen LogP) is 3.75. The summed E-state index contributed by atoms with van der Waals surface area (Å²) >= 11 is 6.12. The highest BCUT2D eigenvalue weighted by Gasteiger charge is 2.11. The lowest BCUT2D eigenvalue weighted by atomic mass is 10.2. The van der Waals surface area contributed by atoms with E-state index in [0.717, 1.165) is 5.56 Å². The van der Waals surface area contributed by atoms with Gasteiger partial charge in [-0.1, -0.05) is 29.8 Å². The third-order valence-electron chi connectivity index (χ3n) is 3.51. The van der Waals surface area contributed by atoms with Gasteiger partial charge in [0.15, 0.2) is 5.82 Å². The molecule has 3 rings (SSSR count). The second-order valence-electron chi connectivity index (χ2n) is 5.25. The molecule has 1 N–H and O–H groups in total. The SMILES string of the molecule is O=C(Nc1ccn(Cc2ccccc2Cl)n1)c1ccc([N+](=O)[O-])cc1. The molecule has 0 atom stereocenters. The van der Waals surface area contributed by atoms with Gasteiger partial charge in [-0.05, 0) is 23.8 Å². The molecule has 8 heteroatoms. The number of nitrogens with zero attached hydrogens (tertiary/aromatic N) is 3.